The zero-order valence-electron chi connectivity index (χ0n) is 23.8. The average Bonchev–Trinajstić information content (AvgIpc) is 3.03. The van der Waals surface area contributed by atoms with Gasteiger partial charge in [0.05, 0.1) is 7.11 Å². The number of phenolic OH excluding ortho intramolecular Hbond substituents is 5. The van der Waals surface area contributed by atoms with Crippen molar-refractivity contribution in [3.05, 3.63) is 70.4 Å². The quantitative estimate of drug-likeness (QED) is 0.0771. The molecule has 0 saturated carbocycles. The number of carbonyl (C=O) groups excluding carboxylic acids is 1. The Labute approximate surface area is 258 Å². The second-order valence-electron chi connectivity index (χ2n) is 10.2. The van der Waals surface area contributed by atoms with Gasteiger partial charge in [-0.1, -0.05) is 6.07 Å². The van der Waals surface area contributed by atoms with Crippen LogP contribution >= 0.6 is 0 Å². The lowest BCUT2D eigenvalue weighted by atomic mass is 9.99. The number of carbonyl (C=O) groups is 1. The Hall–Kier alpha value is -5.48. The highest BCUT2D eigenvalue weighted by molar-refractivity contribution is 5.89. The summed E-state index contributed by atoms with van der Waals surface area (Å²) >= 11 is 0. The number of aliphatic hydroxyl groups excluding tert-OH is 3. The van der Waals surface area contributed by atoms with E-state index in [0.29, 0.717) is 5.56 Å². The van der Waals surface area contributed by atoms with Gasteiger partial charge in [0.25, 0.3) is 0 Å². The molecule has 0 radical (unpaired) electrons. The van der Waals surface area contributed by atoms with E-state index in [2.05, 4.69) is 0 Å². The molecule has 4 aromatic rings. The Morgan fingerprint density at radius 3 is 2.30 bits per heavy atom. The van der Waals surface area contributed by atoms with Gasteiger partial charge in [-0.15, -0.1) is 0 Å². The summed E-state index contributed by atoms with van der Waals surface area (Å²) in [6.45, 7) is -0.612. The Kier molecular flexibility index (Phi) is 8.93. The van der Waals surface area contributed by atoms with Crippen LogP contribution in [0.2, 0.25) is 0 Å². The van der Waals surface area contributed by atoms with Crippen molar-refractivity contribution < 1.29 is 69.0 Å². The molecule has 3 aromatic carbocycles. The number of benzene rings is 3. The van der Waals surface area contributed by atoms with Crippen molar-refractivity contribution in [3.8, 4) is 51.6 Å². The highest BCUT2D eigenvalue weighted by Gasteiger charge is 2.46. The molecule has 1 fully saturated rings. The lowest BCUT2D eigenvalue weighted by molar-refractivity contribution is -0.278. The minimum Gasteiger partial charge on any atom is -0.504 e. The Morgan fingerprint density at radius 2 is 1.59 bits per heavy atom. The number of fused-ring (bicyclic) bond motifs is 1. The molecule has 1 aromatic heterocycles. The summed E-state index contributed by atoms with van der Waals surface area (Å²) in [6.07, 6.45) is -6.32. The average molecular weight is 641 g/mol. The molecule has 1 aliphatic heterocycles. The highest BCUT2D eigenvalue weighted by atomic mass is 16.7. The van der Waals surface area contributed by atoms with Crippen LogP contribution in [0, 0.1) is 0 Å². The third-order valence-corrected chi connectivity index (χ3v) is 7.11. The molecule has 15 heteroatoms. The van der Waals surface area contributed by atoms with Gasteiger partial charge in [-0.3, -0.25) is 4.79 Å². The molecular formula is C31H28O15. The van der Waals surface area contributed by atoms with Crippen LogP contribution in [0.5, 0.6) is 40.2 Å². The SMILES string of the molecule is COc1cc(C=CC(=O)OCC2OC(Oc3cc4oc(-c5ccc(O)c(O)c5)cc(=O)c4c(O)c3O)C(O)C(O)C2O)ccc1O. The summed E-state index contributed by atoms with van der Waals surface area (Å²) in [6, 6.07) is 9.98. The van der Waals surface area contributed by atoms with E-state index in [1.54, 1.807) is 0 Å². The lowest BCUT2D eigenvalue weighted by Gasteiger charge is -2.39. The topological polar surface area (TPSA) is 246 Å². The standard InChI is InChI=1S/C31H28O15/c1-42-20-8-13(2-5-16(20)33)3-7-24(36)43-12-23-27(38)29(40)30(41)31(46-23)45-22-11-21-25(28(39)26(22)37)18(35)10-19(44-21)14-4-6-15(32)17(34)9-14/h2-11,23,27,29-34,37-41H,12H2,1H3. The maximum absolute atomic E-state index is 12.8. The maximum Gasteiger partial charge on any atom is 0.330 e. The second kappa shape index (κ2) is 12.9. The summed E-state index contributed by atoms with van der Waals surface area (Å²) < 4.78 is 26.9. The van der Waals surface area contributed by atoms with Crippen LogP contribution in [0.15, 0.2) is 63.8 Å². The van der Waals surface area contributed by atoms with Gasteiger partial charge in [-0.2, -0.15) is 0 Å². The number of esters is 1. The zero-order valence-corrected chi connectivity index (χ0v) is 23.8. The number of hydrogen-bond donors (Lipinski definition) is 8. The number of aliphatic hydroxyl groups is 3. The van der Waals surface area contributed by atoms with Crippen LogP contribution in [-0.4, -0.2) is 91.2 Å². The van der Waals surface area contributed by atoms with E-state index >= 15 is 0 Å². The van der Waals surface area contributed by atoms with E-state index in [4.69, 9.17) is 23.4 Å². The molecule has 1 aliphatic rings. The van der Waals surface area contributed by atoms with Gasteiger partial charge in [0.2, 0.25) is 12.0 Å². The first-order chi connectivity index (χ1) is 21.9. The van der Waals surface area contributed by atoms with Gasteiger partial charge < -0.3 is 64.2 Å². The minimum atomic E-state index is -1.90. The Morgan fingerprint density at radius 1 is 0.848 bits per heavy atom. The largest absolute Gasteiger partial charge is 0.504 e. The summed E-state index contributed by atoms with van der Waals surface area (Å²) in [5, 5.41) is 81.2. The van der Waals surface area contributed by atoms with Crippen molar-refractivity contribution in [2.45, 2.75) is 30.7 Å². The molecule has 15 nitrogen and oxygen atoms in total. The van der Waals surface area contributed by atoms with Gasteiger partial charge >= 0.3 is 5.97 Å². The summed E-state index contributed by atoms with van der Waals surface area (Å²) in [4.78, 5) is 25.1. The number of ether oxygens (including phenoxy) is 4. The number of rotatable bonds is 8. The second-order valence-corrected chi connectivity index (χ2v) is 10.2. The van der Waals surface area contributed by atoms with Crippen LogP contribution in [-0.2, 0) is 14.3 Å². The molecule has 46 heavy (non-hydrogen) atoms. The lowest BCUT2D eigenvalue weighted by Crippen LogP contribution is -2.60. The van der Waals surface area contributed by atoms with Gasteiger partial charge in [0.15, 0.2) is 39.9 Å². The van der Waals surface area contributed by atoms with E-state index in [9.17, 15) is 50.4 Å². The molecule has 2 heterocycles. The van der Waals surface area contributed by atoms with Crippen molar-refractivity contribution >= 4 is 23.0 Å². The molecule has 5 atom stereocenters. The van der Waals surface area contributed by atoms with Crippen LogP contribution in [0.4, 0.5) is 0 Å². The third-order valence-electron chi connectivity index (χ3n) is 7.11. The monoisotopic (exact) mass is 640 g/mol. The molecule has 0 aliphatic carbocycles. The minimum absolute atomic E-state index is 0.0863. The first kappa shape index (κ1) is 31.9. The van der Waals surface area contributed by atoms with Gasteiger partial charge in [-0.25, -0.2) is 4.79 Å². The predicted octanol–water partition coefficient (Wildman–Crippen LogP) is 1.44. The van der Waals surface area contributed by atoms with E-state index in [1.165, 1.54) is 37.5 Å². The van der Waals surface area contributed by atoms with E-state index < -0.39 is 82.8 Å². The number of methoxy groups -OCH3 is 1. The molecule has 5 rings (SSSR count). The molecular weight excluding hydrogens is 612 g/mol. The number of phenols is 5. The molecule has 0 spiro atoms. The number of aromatic hydroxyl groups is 5. The van der Waals surface area contributed by atoms with Crippen LogP contribution in [0.1, 0.15) is 5.56 Å². The fourth-order valence-corrected chi connectivity index (χ4v) is 4.63. The third kappa shape index (κ3) is 6.33. The van der Waals surface area contributed by atoms with Gasteiger partial charge in [-0.05, 0) is 42.0 Å². The van der Waals surface area contributed by atoms with Crippen molar-refractivity contribution in [2.24, 2.45) is 0 Å². The summed E-state index contributed by atoms with van der Waals surface area (Å²) in [5.74, 6) is -4.21. The Balaban J connectivity index is 1.34. The molecule has 1 saturated heterocycles. The van der Waals surface area contributed by atoms with E-state index in [1.807, 2.05) is 0 Å². The van der Waals surface area contributed by atoms with Crippen molar-refractivity contribution in [2.75, 3.05) is 13.7 Å². The van der Waals surface area contributed by atoms with E-state index in [0.717, 1.165) is 30.3 Å². The molecule has 8 N–H and O–H groups in total. The first-order valence-corrected chi connectivity index (χ1v) is 13.5. The van der Waals surface area contributed by atoms with Crippen molar-refractivity contribution in [1.82, 2.24) is 0 Å². The van der Waals surface area contributed by atoms with Crippen LogP contribution in [0.25, 0.3) is 28.4 Å². The van der Waals surface area contributed by atoms with Gasteiger partial charge in [0, 0.05) is 23.8 Å². The molecule has 5 unspecified atom stereocenters. The van der Waals surface area contributed by atoms with Crippen molar-refractivity contribution in [3.63, 3.8) is 0 Å². The number of hydrogen-bond acceptors (Lipinski definition) is 15. The molecule has 242 valence electrons. The molecule has 0 bridgehead atoms. The molecule has 0 amide bonds. The van der Waals surface area contributed by atoms with E-state index in [-0.39, 0.29) is 28.4 Å². The normalized spacial score (nSPS) is 21.3. The maximum atomic E-state index is 12.8. The summed E-state index contributed by atoms with van der Waals surface area (Å²) in [5.41, 5.74) is -0.399. The van der Waals surface area contributed by atoms with Crippen molar-refractivity contribution in [1.29, 1.82) is 0 Å². The van der Waals surface area contributed by atoms with Crippen LogP contribution in [0.3, 0.4) is 0 Å². The fraction of sp³-hybridized carbons (Fsp3) is 0.226. The smallest absolute Gasteiger partial charge is 0.330 e. The summed E-state index contributed by atoms with van der Waals surface area (Å²) in [7, 11) is 1.36. The fourth-order valence-electron chi connectivity index (χ4n) is 4.63. The van der Waals surface area contributed by atoms with Crippen LogP contribution < -0.4 is 14.9 Å². The Bertz CT molecular complexity index is 1860. The first-order valence-electron chi connectivity index (χ1n) is 13.5. The zero-order chi connectivity index (χ0) is 33.3. The highest BCUT2D eigenvalue weighted by Crippen LogP contribution is 2.43. The van der Waals surface area contributed by atoms with Gasteiger partial charge in [0.1, 0.15) is 47.8 Å². The predicted molar refractivity (Wildman–Crippen MR) is 157 cm³/mol.